The van der Waals surface area contributed by atoms with Gasteiger partial charge in [0.25, 0.3) is 0 Å². The summed E-state index contributed by atoms with van der Waals surface area (Å²) in [4.78, 5) is 4.31. The van der Waals surface area contributed by atoms with Gasteiger partial charge in [-0.1, -0.05) is 18.2 Å². The quantitative estimate of drug-likeness (QED) is 0.663. The van der Waals surface area contributed by atoms with Crippen molar-refractivity contribution < 1.29 is 4.74 Å². The molecule has 22 heavy (non-hydrogen) atoms. The molecular weight excluding hydrogens is 274 g/mol. The molecule has 120 valence electrons. The Morgan fingerprint density at radius 2 is 2.09 bits per heavy atom. The topological polar surface area (TPSA) is 45.7 Å². The van der Waals surface area contributed by atoms with Crippen molar-refractivity contribution in [2.24, 2.45) is 4.99 Å². The highest BCUT2D eigenvalue weighted by molar-refractivity contribution is 5.79. The van der Waals surface area contributed by atoms with Gasteiger partial charge in [0.05, 0.1) is 5.60 Å². The van der Waals surface area contributed by atoms with Crippen molar-refractivity contribution in [3.8, 4) is 0 Å². The lowest BCUT2D eigenvalue weighted by Crippen LogP contribution is -2.45. The van der Waals surface area contributed by atoms with E-state index in [0.29, 0.717) is 0 Å². The van der Waals surface area contributed by atoms with E-state index in [0.717, 1.165) is 38.5 Å². The molecule has 1 aromatic carbocycles. The van der Waals surface area contributed by atoms with E-state index in [2.05, 4.69) is 40.7 Å². The van der Waals surface area contributed by atoms with Crippen LogP contribution in [0.4, 0.5) is 0 Å². The van der Waals surface area contributed by atoms with E-state index >= 15 is 0 Å². The lowest BCUT2D eigenvalue weighted by molar-refractivity contribution is 0.0243. The van der Waals surface area contributed by atoms with E-state index in [4.69, 9.17) is 4.74 Å². The molecule has 4 nitrogen and oxygen atoms in total. The fourth-order valence-electron chi connectivity index (χ4n) is 3.39. The average Bonchev–Trinajstić information content (AvgIpc) is 3.16. The van der Waals surface area contributed by atoms with Crippen molar-refractivity contribution in [1.82, 2.24) is 10.6 Å². The van der Waals surface area contributed by atoms with Crippen molar-refractivity contribution in [2.75, 3.05) is 20.2 Å². The van der Waals surface area contributed by atoms with Crippen LogP contribution >= 0.6 is 0 Å². The second kappa shape index (κ2) is 6.69. The third kappa shape index (κ3) is 3.61. The number of benzene rings is 1. The normalized spacial score (nSPS) is 24.4. The van der Waals surface area contributed by atoms with E-state index in [9.17, 15) is 0 Å². The van der Waals surface area contributed by atoms with E-state index in [1.165, 1.54) is 36.0 Å². The van der Waals surface area contributed by atoms with Gasteiger partial charge >= 0.3 is 0 Å². The van der Waals surface area contributed by atoms with Gasteiger partial charge in [-0.15, -0.1) is 0 Å². The van der Waals surface area contributed by atoms with Gasteiger partial charge in [0.15, 0.2) is 5.96 Å². The van der Waals surface area contributed by atoms with Crippen molar-refractivity contribution in [2.45, 2.75) is 51.2 Å². The van der Waals surface area contributed by atoms with Crippen LogP contribution in [-0.2, 0) is 24.1 Å². The van der Waals surface area contributed by atoms with Crippen LogP contribution in [0.5, 0.6) is 0 Å². The molecule has 2 aliphatic rings. The van der Waals surface area contributed by atoms with Crippen LogP contribution in [0.25, 0.3) is 0 Å². The van der Waals surface area contributed by atoms with Gasteiger partial charge in [-0.25, -0.2) is 0 Å². The van der Waals surface area contributed by atoms with Crippen molar-refractivity contribution >= 4 is 5.96 Å². The van der Waals surface area contributed by atoms with Crippen LogP contribution in [-0.4, -0.2) is 31.8 Å². The third-order valence-electron chi connectivity index (χ3n) is 4.78. The standard InChI is InChI=1S/C18H27N3O/c1-18(9-4-10-22-18)13-21-17(19-2)20-12-14-7-8-15-5-3-6-16(15)11-14/h7-8,11H,3-6,9-10,12-13H2,1-2H3,(H2,19,20,21). The first kappa shape index (κ1) is 15.3. The molecule has 0 aromatic heterocycles. The van der Waals surface area contributed by atoms with Crippen LogP contribution in [0, 0.1) is 0 Å². The molecule has 1 aliphatic carbocycles. The van der Waals surface area contributed by atoms with E-state index in [1.807, 2.05) is 7.05 Å². The van der Waals surface area contributed by atoms with Gasteiger partial charge in [0, 0.05) is 26.7 Å². The first-order chi connectivity index (χ1) is 10.7. The highest BCUT2D eigenvalue weighted by atomic mass is 16.5. The van der Waals surface area contributed by atoms with E-state index in [-0.39, 0.29) is 5.60 Å². The first-order valence-electron chi connectivity index (χ1n) is 8.38. The molecule has 1 heterocycles. The van der Waals surface area contributed by atoms with Gasteiger partial charge in [0.2, 0.25) is 0 Å². The van der Waals surface area contributed by atoms with E-state index in [1.54, 1.807) is 0 Å². The summed E-state index contributed by atoms with van der Waals surface area (Å²) >= 11 is 0. The van der Waals surface area contributed by atoms with Gasteiger partial charge in [-0.05, 0) is 55.7 Å². The SMILES string of the molecule is CN=C(NCc1ccc2c(c1)CCC2)NCC1(C)CCCO1. The number of nitrogens with zero attached hydrogens (tertiary/aromatic N) is 1. The molecule has 3 rings (SSSR count). The minimum Gasteiger partial charge on any atom is -0.373 e. The zero-order valence-electron chi connectivity index (χ0n) is 13.7. The Hall–Kier alpha value is -1.55. The Labute approximate surface area is 133 Å². The van der Waals surface area contributed by atoms with Crippen LogP contribution in [0.3, 0.4) is 0 Å². The summed E-state index contributed by atoms with van der Waals surface area (Å²) in [6.45, 7) is 4.65. The second-order valence-corrected chi connectivity index (χ2v) is 6.64. The highest BCUT2D eigenvalue weighted by Gasteiger charge is 2.29. The van der Waals surface area contributed by atoms with Gasteiger partial charge < -0.3 is 15.4 Å². The molecular formula is C18H27N3O. The maximum absolute atomic E-state index is 5.80. The second-order valence-electron chi connectivity index (χ2n) is 6.64. The predicted octanol–water partition coefficient (Wildman–Crippen LogP) is 2.41. The number of ether oxygens (including phenoxy) is 1. The molecule has 1 aromatic rings. The minimum absolute atomic E-state index is 0.0504. The Bertz CT molecular complexity index is 547. The summed E-state index contributed by atoms with van der Waals surface area (Å²) in [5.41, 5.74) is 4.32. The van der Waals surface area contributed by atoms with Crippen LogP contribution < -0.4 is 10.6 Å². The monoisotopic (exact) mass is 301 g/mol. The molecule has 4 heteroatoms. The number of aliphatic imine (C=N–C) groups is 1. The summed E-state index contributed by atoms with van der Waals surface area (Å²) in [6, 6.07) is 6.85. The fraction of sp³-hybridized carbons (Fsp3) is 0.611. The summed E-state index contributed by atoms with van der Waals surface area (Å²) in [5, 5.41) is 6.79. The lowest BCUT2D eigenvalue weighted by Gasteiger charge is -2.24. The molecule has 2 N–H and O–H groups in total. The van der Waals surface area contributed by atoms with Crippen LogP contribution in [0.1, 0.15) is 42.9 Å². The first-order valence-corrected chi connectivity index (χ1v) is 8.38. The molecule has 0 spiro atoms. The number of aryl methyl sites for hydroxylation is 2. The summed E-state index contributed by atoms with van der Waals surface area (Å²) in [7, 11) is 1.82. The fourth-order valence-corrected chi connectivity index (χ4v) is 3.39. The Kier molecular flexibility index (Phi) is 4.67. The number of guanidine groups is 1. The molecule has 0 radical (unpaired) electrons. The zero-order chi connectivity index (χ0) is 15.4. The van der Waals surface area contributed by atoms with Gasteiger partial charge in [0.1, 0.15) is 0 Å². The Morgan fingerprint density at radius 3 is 2.86 bits per heavy atom. The van der Waals surface area contributed by atoms with E-state index < -0.39 is 0 Å². The molecule has 1 fully saturated rings. The number of rotatable bonds is 4. The molecule has 1 aliphatic heterocycles. The number of hydrogen-bond acceptors (Lipinski definition) is 2. The maximum Gasteiger partial charge on any atom is 0.191 e. The lowest BCUT2D eigenvalue weighted by atomic mass is 10.0. The summed E-state index contributed by atoms with van der Waals surface area (Å²) in [6.07, 6.45) is 6.03. The van der Waals surface area contributed by atoms with Crippen LogP contribution in [0.15, 0.2) is 23.2 Å². The highest BCUT2D eigenvalue weighted by Crippen LogP contribution is 2.24. The van der Waals surface area contributed by atoms with Gasteiger partial charge in [-0.2, -0.15) is 0 Å². The Balaban J connectivity index is 1.50. The van der Waals surface area contributed by atoms with Crippen molar-refractivity contribution in [3.63, 3.8) is 0 Å². The van der Waals surface area contributed by atoms with Crippen molar-refractivity contribution in [3.05, 3.63) is 34.9 Å². The summed E-state index contributed by atoms with van der Waals surface area (Å²) in [5.74, 6) is 0.845. The summed E-state index contributed by atoms with van der Waals surface area (Å²) < 4.78 is 5.80. The smallest absolute Gasteiger partial charge is 0.191 e. The molecule has 0 bridgehead atoms. The largest absolute Gasteiger partial charge is 0.373 e. The maximum atomic E-state index is 5.80. The van der Waals surface area contributed by atoms with Crippen LogP contribution in [0.2, 0.25) is 0 Å². The predicted molar refractivity (Wildman–Crippen MR) is 90.3 cm³/mol. The molecule has 0 amide bonds. The Morgan fingerprint density at radius 1 is 1.23 bits per heavy atom. The van der Waals surface area contributed by atoms with Gasteiger partial charge in [-0.3, -0.25) is 4.99 Å². The van der Waals surface area contributed by atoms with Crippen molar-refractivity contribution in [1.29, 1.82) is 0 Å². The number of nitrogens with one attached hydrogen (secondary N) is 2. The number of fused-ring (bicyclic) bond motifs is 1. The number of hydrogen-bond donors (Lipinski definition) is 2. The molecule has 1 saturated heterocycles. The molecule has 1 atom stereocenters. The third-order valence-corrected chi connectivity index (χ3v) is 4.78. The minimum atomic E-state index is -0.0504. The molecule has 1 unspecified atom stereocenters. The molecule has 0 saturated carbocycles. The zero-order valence-corrected chi connectivity index (χ0v) is 13.7. The average molecular weight is 301 g/mol.